The Morgan fingerprint density at radius 3 is 2.10 bits per heavy atom. The molecule has 1 atom stereocenters. The number of rotatable bonds is 3. The summed E-state index contributed by atoms with van der Waals surface area (Å²) >= 11 is 0. The molecule has 1 N–H and O–H groups in total. The Bertz CT molecular complexity index is 478. The van der Waals surface area contributed by atoms with Gasteiger partial charge in [-0.15, -0.1) is 13.2 Å². The van der Waals surface area contributed by atoms with E-state index >= 15 is 0 Å². The van der Waals surface area contributed by atoms with Crippen molar-refractivity contribution in [3.05, 3.63) is 29.8 Å². The van der Waals surface area contributed by atoms with Gasteiger partial charge in [0.25, 0.3) is 0 Å². The van der Waals surface area contributed by atoms with E-state index in [0.29, 0.717) is 5.56 Å². The molecular formula is C14H18F3NO3. The molecule has 118 valence electrons. The van der Waals surface area contributed by atoms with E-state index in [1.165, 1.54) is 24.3 Å². The molecule has 0 fully saturated rings. The first kappa shape index (κ1) is 17.1. The molecule has 1 rings (SSSR count). The van der Waals surface area contributed by atoms with Crippen LogP contribution in [0.25, 0.3) is 0 Å². The van der Waals surface area contributed by atoms with Crippen molar-refractivity contribution in [3.8, 4) is 5.75 Å². The fraction of sp³-hybridized carbons (Fsp3) is 0.500. The van der Waals surface area contributed by atoms with Crippen LogP contribution in [-0.2, 0) is 4.74 Å². The molecule has 0 bridgehead atoms. The van der Waals surface area contributed by atoms with Crippen molar-refractivity contribution in [2.45, 2.75) is 45.7 Å². The summed E-state index contributed by atoms with van der Waals surface area (Å²) in [7, 11) is 0. The Labute approximate surface area is 121 Å². The second-order valence-electron chi connectivity index (χ2n) is 5.48. The Morgan fingerprint density at radius 2 is 1.67 bits per heavy atom. The quantitative estimate of drug-likeness (QED) is 0.911. The third-order valence-corrected chi connectivity index (χ3v) is 2.35. The standard InChI is InChI=1S/C14H18F3NO3/c1-9(18-12(19)21-13(2,3)4)10-5-7-11(8-6-10)20-14(15,16)17/h5-9H,1-4H3,(H,18,19). The summed E-state index contributed by atoms with van der Waals surface area (Å²) in [5.41, 5.74) is 0.0178. The lowest BCUT2D eigenvalue weighted by atomic mass is 10.1. The van der Waals surface area contributed by atoms with Crippen molar-refractivity contribution in [2.75, 3.05) is 0 Å². The molecule has 4 nitrogen and oxygen atoms in total. The fourth-order valence-electron chi connectivity index (χ4n) is 1.53. The van der Waals surface area contributed by atoms with Gasteiger partial charge in [-0.1, -0.05) is 12.1 Å². The second-order valence-corrected chi connectivity index (χ2v) is 5.48. The smallest absolute Gasteiger partial charge is 0.444 e. The number of carbonyl (C=O) groups is 1. The third-order valence-electron chi connectivity index (χ3n) is 2.35. The molecule has 21 heavy (non-hydrogen) atoms. The van der Waals surface area contributed by atoms with Crippen LogP contribution in [0.3, 0.4) is 0 Å². The third kappa shape index (κ3) is 6.87. The first-order chi connectivity index (χ1) is 9.46. The fourth-order valence-corrected chi connectivity index (χ4v) is 1.53. The molecule has 0 aliphatic heterocycles. The van der Waals surface area contributed by atoms with Gasteiger partial charge in [-0.2, -0.15) is 0 Å². The van der Waals surface area contributed by atoms with Crippen LogP contribution >= 0.6 is 0 Å². The molecule has 1 unspecified atom stereocenters. The maximum absolute atomic E-state index is 12.0. The average Bonchev–Trinajstić information content (AvgIpc) is 2.24. The van der Waals surface area contributed by atoms with Crippen LogP contribution in [0.2, 0.25) is 0 Å². The zero-order chi connectivity index (χ0) is 16.3. The molecule has 0 saturated heterocycles. The van der Waals surface area contributed by atoms with Crippen LogP contribution in [-0.4, -0.2) is 18.1 Å². The predicted molar refractivity (Wildman–Crippen MR) is 70.9 cm³/mol. The van der Waals surface area contributed by atoms with Gasteiger partial charge in [-0.05, 0) is 45.4 Å². The highest BCUT2D eigenvalue weighted by atomic mass is 19.4. The number of carbonyl (C=O) groups excluding carboxylic acids is 1. The lowest BCUT2D eigenvalue weighted by Crippen LogP contribution is -2.34. The molecule has 0 saturated carbocycles. The van der Waals surface area contributed by atoms with Gasteiger partial charge in [0.05, 0.1) is 6.04 Å². The van der Waals surface area contributed by atoms with E-state index in [4.69, 9.17) is 4.74 Å². The van der Waals surface area contributed by atoms with Gasteiger partial charge in [0.2, 0.25) is 0 Å². The highest BCUT2D eigenvalue weighted by Crippen LogP contribution is 2.24. The minimum atomic E-state index is -4.72. The summed E-state index contributed by atoms with van der Waals surface area (Å²) < 4.78 is 45.0. The lowest BCUT2D eigenvalue weighted by molar-refractivity contribution is -0.274. The van der Waals surface area contributed by atoms with Gasteiger partial charge in [0.1, 0.15) is 11.4 Å². The molecule has 7 heteroatoms. The highest BCUT2D eigenvalue weighted by Gasteiger charge is 2.31. The summed E-state index contributed by atoms with van der Waals surface area (Å²) in [5, 5.41) is 2.60. The van der Waals surface area contributed by atoms with E-state index in [1.807, 2.05) is 0 Å². The summed E-state index contributed by atoms with van der Waals surface area (Å²) in [6.45, 7) is 6.91. The largest absolute Gasteiger partial charge is 0.573 e. The maximum atomic E-state index is 12.0. The van der Waals surface area contributed by atoms with Crippen LogP contribution in [0.15, 0.2) is 24.3 Å². The second kappa shape index (κ2) is 6.24. The van der Waals surface area contributed by atoms with Crippen LogP contribution in [0, 0.1) is 0 Å². The highest BCUT2D eigenvalue weighted by molar-refractivity contribution is 5.68. The summed E-state index contributed by atoms with van der Waals surface area (Å²) in [4.78, 5) is 11.6. The van der Waals surface area contributed by atoms with E-state index in [9.17, 15) is 18.0 Å². The van der Waals surface area contributed by atoms with Crippen LogP contribution in [0.5, 0.6) is 5.75 Å². The van der Waals surface area contributed by atoms with Gasteiger partial charge < -0.3 is 14.8 Å². The van der Waals surface area contributed by atoms with E-state index in [1.54, 1.807) is 27.7 Å². The molecular weight excluding hydrogens is 287 g/mol. The molecule has 0 heterocycles. The topological polar surface area (TPSA) is 47.6 Å². The van der Waals surface area contributed by atoms with Gasteiger partial charge in [0, 0.05) is 0 Å². The number of alkyl halides is 3. The number of hydrogen-bond acceptors (Lipinski definition) is 3. The Morgan fingerprint density at radius 1 is 1.14 bits per heavy atom. The minimum Gasteiger partial charge on any atom is -0.444 e. The minimum absolute atomic E-state index is 0.310. The number of halogens is 3. The van der Waals surface area contributed by atoms with Crippen molar-refractivity contribution < 1.29 is 27.4 Å². The molecule has 0 radical (unpaired) electrons. The summed E-state index contributed by atoms with van der Waals surface area (Å²) in [6.07, 6.45) is -5.31. The monoisotopic (exact) mass is 305 g/mol. The van der Waals surface area contributed by atoms with Gasteiger partial charge in [0.15, 0.2) is 0 Å². The normalized spacial score (nSPS) is 13.5. The number of ether oxygens (including phenoxy) is 2. The van der Waals surface area contributed by atoms with Gasteiger partial charge in [-0.25, -0.2) is 4.79 Å². The Balaban J connectivity index is 2.63. The lowest BCUT2D eigenvalue weighted by Gasteiger charge is -2.22. The van der Waals surface area contributed by atoms with Crippen LogP contribution in [0.1, 0.15) is 39.3 Å². The molecule has 1 aromatic carbocycles. The molecule has 0 spiro atoms. The first-order valence-corrected chi connectivity index (χ1v) is 6.31. The summed E-state index contributed by atoms with van der Waals surface area (Å²) in [5.74, 6) is -0.310. The van der Waals surface area contributed by atoms with E-state index < -0.39 is 24.1 Å². The van der Waals surface area contributed by atoms with Gasteiger partial charge >= 0.3 is 12.5 Å². The Kier molecular flexibility index (Phi) is 5.09. The number of nitrogens with one attached hydrogen (secondary N) is 1. The molecule has 1 amide bonds. The maximum Gasteiger partial charge on any atom is 0.573 e. The first-order valence-electron chi connectivity index (χ1n) is 6.31. The van der Waals surface area contributed by atoms with Crippen molar-refractivity contribution >= 4 is 6.09 Å². The summed E-state index contributed by atoms with van der Waals surface area (Å²) in [6, 6.07) is 4.87. The molecule has 0 aliphatic rings. The average molecular weight is 305 g/mol. The molecule has 1 aromatic rings. The van der Waals surface area contributed by atoms with Crippen molar-refractivity contribution in [3.63, 3.8) is 0 Å². The van der Waals surface area contributed by atoms with Crippen LogP contribution < -0.4 is 10.1 Å². The zero-order valence-corrected chi connectivity index (χ0v) is 12.2. The Hall–Kier alpha value is -1.92. The molecule has 0 aromatic heterocycles. The van der Waals surface area contributed by atoms with E-state index in [-0.39, 0.29) is 5.75 Å². The number of benzene rings is 1. The number of amides is 1. The van der Waals surface area contributed by atoms with Crippen molar-refractivity contribution in [1.82, 2.24) is 5.32 Å². The number of hydrogen-bond donors (Lipinski definition) is 1. The van der Waals surface area contributed by atoms with E-state index in [2.05, 4.69) is 10.1 Å². The SMILES string of the molecule is CC(NC(=O)OC(C)(C)C)c1ccc(OC(F)(F)F)cc1. The van der Waals surface area contributed by atoms with Crippen molar-refractivity contribution in [2.24, 2.45) is 0 Å². The van der Waals surface area contributed by atoms with Crippen molar-refractivity contribution in [1.29, 1.82) is 0 Å². The number of alkyl carbamates (subject to hydrolysis) is 1. The van der Waals surface area contributed by atoms with E-state index in [0.717, 1.165) is 0 Å². The van der Waals surface area contributed by atoms with Gasteiger partial charge in [-0.3, -0.25) is 0 Å². The van der Waals surface area contributed by atoms with Crippen LogP contribution in [0.4, 0.5) is 18.0 Å². The zero-order valence-electron chi connectivity index (χ0n) is 12.2. The predicted octanol–water partition coefficient (Wildman–Crippen LogP) is 4.17. The molecule has 0 aliphatic carbocycles.